The Hall–Kier alpha value is -1.73. The number of hydrogen-bond acceptors (Lipinski definition) is 4. The molecule has 4 rings (SSSR count). The van der Waals surface area contributed by atoms with Crippen molar-refractivity contribution in [2.45, 2.75) is 75.6 Å². The molecule has 2 saturated carbocycles. The van der Waals surface area contributed by atoms with Crippen LogP contribution in [0.4, 0.5) is 0 Å². The molecule has 1 N–H and O–H groups in total. The van der Waals surface area contributed by atoms with Crippen molar-refractivity contribution in [3.63, 3.8) is 0 Å². The van der Waals surface area contributed by atoms with Gasteiger partial charge < -0.3 is 5.32 Å². The van der Waals surface area contributed by atoms with E-state index in [1.807, 2.05) is 0 Å². The van der Waals surface area contributed by atoms with Crippen molar-refractivity contribution in [3.05, 3.63) is 29.8 Å². The van der Waals surface area contributed by atoms with Crippen LogP contribution in [0.3, 0.4) is 0 Å². The fraction of sp³-hybridized carbons (Fsp3) is 0.667. The Balaban J connectivity index is 1.31. The molecule has 3 atom stereocenters. The highest BCUT2D eigenvalue weighted by atomic mass is 32.2. The van der Waals surface area contributed by atoms with Crippen molar-refractivity contribution in [2.75, 3.05) is 13.1 Å². The van der Waals surface area contributed by atoms with Gasteiger partial charge in [0.1, 0.15) is 0 Å². The number of ketones is 1. The average Bonchev–Trinajstić information content (AvgIpc) is 2.79. The van der Waals surface area contributed by atoms with Crippen LogP contribution in [0, 0.1) is 17.8 Å². The van der Waals surface area contributed by atoms with Gasteiger partial charge in [-0.05, 0) is 63.0 Å². The van der Waals surface area contributed by atoms with Crippen LogP contribution in [0.15, 0.2) is 29.2 Å². The van der Waals surface area contributed by atoms with Gasteiger partial charge in [0, 0.05) is 30.6 Å². The molecule has 0 aromatic heterocycles. The predicted octanol–water partition coefficient (Wildman–Crippen LogP) is 3.77. The Morgan fingerprint density at radius 3 is 2.39 bits per heavy atom. The number of carbonyl (C=O) groups is 2. The summed E-state index contributed by atoms with van der Waals surface area (Å²) in [6.45, 7) is 2.09. The summed E-state index contributed by atoms with van der Waals surface area (Å²) >= 11 is 0. The van der Waals surface area contributed by atoms with Crippen molar-refractivity contribution in [1.29, 1.82) is 0 Å². The van der Waals surface area contributed by atoms with Gasteiger partial charge in [-0.1, -0.05) is 37.8 Å². The second-order valence-electron chi connectivity index (χ2n) is 9.59. The average molecular weight is 447 g/mol. The van der Waals surface area contributed by atoms with Crippen LogP contribution >= 0.6 is 0 Å². The van der Waals surface area contributed by atoms with Gasteiger partial charge >= 0.3 is 0 Å². The normalized spacial score (nSPS) is 28.0. The first-order chi connectivity index (χ1) is 14.8. The zero-order valence-electron chi connectivity index (χ0n) is 18.4. The van der Waals surface area contributed by atoms with Crippen LogP contribution < -0.4 is 5.32 Å². The molecule has 1 aromatic rings. The molecule has 0 spiro atoms. The second kappa shape index (κ2) is 9.41. The number of benzene rings is 1. The van der Waals surface area contributed by atoms with Gasteiger partial charge in [0.25, 0.3) is 0 Å². The molecule has 170 valence electrons. The molecule has 1 amide bonds. The molecule has 0 bridgehead atoms. The van der Waals surface area contributed by atoms with E-state index in [9.17, 15) is 18.0 Å². The minimum atomic E-state index is -3.66. The standard InChI is InChI=1S/C24H34N2O4S/c1-17(27)20-7-4-8-23(16-20)31(29,30)26-13-11-19(12-14-26)24(28)25-22-10-9-18-5-2-3-6-21(18)15-22/h4,7-8,16,18-19,21-22H,2-3,5-6,9-15H2,1H3,(H,25,28). The van der Waals surface area contributed by atoms with Crippen molar-refractivity contribution >= 4 is 21.7 Å². The van der Waals surface area contributed by atoms with Crippen LogP contribution in [0.25, 0.3) is 0 Å². The number of hydrogen-bond donors (Lipinski definition) is 1. The molecular formula is C24H34N2O4S. The maximum absolute atomic E-state index is 13.0. The smallest absolute Gasteiger partial charge is 0.243 e. The number of sulfonamides is 1. The topological polar surface area (TPSA) is 83.6 Å². The largest absolute Gasteiger partial charge is 0.353 e. The molecule has 3 aliphatic rings. The third kappa shape index (κ3) is 5.03. The van der Waals surface area contributed by atoms with Gasteiger partial charge in [-0.15, -0.1) is 0 Å². The van der Waals surface area contributed by atoms with Crippen molar-refractivity contribution in [2.24, 2.45) is 17.8 Å². The summed E-state index contributed by atoms with van der Waals surface area (Å²) in [6.07, 6.45) is 9.83. The summed E-state index contributed by atoms with van der Waals surface area (Å²) in [7, 11) is -3.66. The van der Waals surface area contributed by atoms with Crippen LogP contribution in [0.5, 0.6) is 0 Å². The Labute approximate surface area is 185 Å². The predicted molar refractivity (Wildman–Crippen MR) is 119 cm³/mol. The lowest BCUT2D eigenvalue weighted by molar-refractivity contribution is -0.127. The van der Waals surface area contributed by atoms with E-state index in [1.54, 1.807) is 12.1 Å². The zero-order valence-corrected chi connectivity index (χ0v) is 19.2. The maximum atomic E-state index is 13.0. The van der Waals surface area contributed by atoms with Crippen LogP contribution in [0.2, 0.25) is 0 Å². The van der Waals surface area contributed by atoms with Crippen molar-refractivity contribution < 1.29 is 18.0 Å². The lowest BCUT2D eigenvalue weighted by Gasteiger charge is -2.40. The summed E-state index contributed by atoms with van der Waals surface area (Å²) in [5.41, 5.74) is 0.392. The third-order valence-electron chi connectivity index (χ3n) is 7.59. The quantitative estimate of drug-likeness (QED) is 0.698. The van der Waals surface area contributed by atoms with Gasteiger partial charge in [-0.2, -0.15) is 4.31 Å². The lowest BCUT2D eigenvalue weighted by Crippen LogP contribution is -2.47. The minimum Gasteiger partial charge on any atom is -0.353 e. The molecule has 1 heterocycles. The van der Waals surface area contributed by atoms with E-state index in [2.05, 4.69) is 5.32 Å². The highest BCUT2D eigenvalue weighted by molar-refractivity contribution is 7.89. The first-order valence-electron chi connectivity index (χ1n) is 11.8. The number of rotatable bonds is 5. The van der Waals surface area contributed by atoms with E-state index in [-0.39, 0.29) is 28.5 Å². The van der Waals surface area contributed by atoms with Gasteiger partial charge in [0.2, 0.25) is 15.9 Å². The van der Waals surface area contributed by atoms with Crippen LogP contribution in [-0.4, -0.2) is 43.5 Å². The number of Topliss-reactive ketones (excluding diaryl/α,β-unsaturated/α-hetero) is 1. The molecule has 31 heavy (non-hydrogen) atoms. The summed E-state index contributed by atoms with van der Waals surface area (Å²) in [5, 5.41) is 3.28. The minimum absolute atomic E-state index is 0.0925. The van der Waals surface area contributed by atoms with Gasteiger partial charge in [0.05, 0.1) is 4.90 Å². The van der Waals surface area contributed by atoms with E-state index in [0.29, 0.717) is 31.5 Å². The molecule has 1 saturated heterocycles. The number of nitrogens with zero attached hydrogens (tertiary/aromatic N) is 1. The third-order valence-corrected chi connectivity index (χ3v) is 9.48. The Kier molecular flexibility index (Phi) is 6.82. The SMILES string of the molecule is CC(=O)c1cccc(S(=O)(=O)N2CCC(C(=O)NC3CCC4CCCCC4C3)CC2)c1. The first kappa shape index (κ1) is 22.5. The fourth-order valence-electron chi connectivity index (χ4n) is 5.71. The summed E-state index contributed by atoms with van der Waals surface area (Å²) < 4.78 is 27.5. The molecule has 1 aliphatic heterocycles. The van der Waals surface area contributed by atoms with E-state index in [1.165, 1.54) is 55.5 Å². The van der Waals surface area contributed by atoms with E-state index in [4.69, 9.17) is 0 Å². The summed E-state index contributed by atoms with van der Waals surface area (Å²) in [6, 6.07) is 6.48. The maximum Gasteiger partial charge on any atom is 0.243 e. The molecule has 7 heteroatoms. The van der Waals surface area contributed by atoms with E-state index in [0.717, 1.165) is 24.7 Å². The second-order valence-corrected chi connectivity index (χ2v) is 11.5. The molecule has 3 fully saturated rings. The van der Waals surface area contributed by atoms with Crippen molar-refractivity contribution in [3.8, 4) is 0 Å². The fourth-order valence-corrected chi connectivity index (χ4v) is 7.22. The lowest BCUT2D eigenvalue weighted by atomic mass is 9.69. The first-order valence-corrected chi connectivity index (χ1v) is 13.2. The number of amides is 1. The Morgan fingerprint density at radius 2 is 1.68 bits per heavy atom. The zero-order chi connectivity index (χ0) is 22.0. The Bertz CT molecular complexity index is 921. The molecule has 6 nitrogen and oxygen atoms in total. The van der Waals surface area contributed by atoms with Crippen molar-refractivity contribution in [1.82, 2.24) is 9.62 Å². The Morgan fingerprint density at radius 1 is 0.968 bits per heavy atom. The number of piperidine rings is 1. The molecule has 0 radical (unpaired) electrons. The molecular weight excluding hydrogens is 412 g/mol. The number of carbonyl (C=O) groups excluding carboxylic acids is 2. The highest BCUT2D eigenvalue weighted by Crippen LogP contribution is 2.40. The van der Waals surface area contributed by atoms with E-state index < -0.39 is 10.0 Å². The number of nitrogens with one attached hydrogen (secondary N) is 1. The van der Waals surface area contributed by atoms with Gasteiger partial charge in [-0.25, -0.2) is 8.42 Å². The molecule has 2 aliphatic carbocycles. The highest BCUT2D eigenvalue weighted by Gasteiger charge is 2.36. The monoisotopic (exact) mass is 446 g/mol. The van der Waals surface area contributed by atoms with Gasteiger partial charge in [-0.3, -0.25) is 9.59 Å². The van der Waals surface area contributed by atoms with Crippen LogP contribution in [0.1, 0.15) is 75.1 Å². The van der Waals surface area contributed by atoms with Crippen LogP contribution in [-0.2, 0) is 14.8 Å². The summed E-state index contributed by atoms with van der Waals surface area (Å²) in [4.78, 5) is 24.6. The molecule has 1 aromatic carbocycles. The van der Waals surface area contributed by atoms with Gasteiger partial charge in [0.15, 0.2) is 5.78 Å². The van der Waals surface area contributed by atoms with E-state index >= 15 is 0 Å². The number of fused-ring (bicyclic) bond motifs is 1. The summed E-state index contributed by atoms with van der Waals surface area (Å²) in [5.74, 6) is 1.44. The molecule has 3 unspecified atom stereocenters.